The van der Waals surface area contributed by atoms with Gasteiger partial charge in [-0.25, -0.2) is 0 Å². The molecule has 1 aromatic rings. The van der Waals surface area contributed by atoms with Gasteiger partial charge in [0.25, 0.3) is 0 Å². The molecule has 3 fully saturated rings. The van der Waals surface area contributed by atoms with E-state index < -0.39 is 5.60 Å². The van der Waals surface area contributed by atoms with Gasteiger partial charge in [0.1, 0.15) is 17.5 Å². The number of ether oxygens (including phenoxy) is 3. The number of cyclic esters (lactones) is 1. The summed E-state index contributed by atoms with van der Waals surface area (Å²) in [6.07, 6.45) is 2.95. The Morgan fingerprint density at radius 1 is 1.24 bits per heavy atom. The molecule has 3 heterocycles. The Bertz CT molecular complexity index is 873. The van der Waals surface area contributed by atoms with Crippen LogP contribution in [-0.2, 0) is 28.6 Å². The molecule has 0 aromatic heterocycles. The Morgan fingerprint density at radius 2 is 2.00 bits per heavy atom. The summed E-state index contributed by atoms with van der Waals surface area (Å²) in [5, 5.41) is 0. The predicted octanol–water partition coefficient (Wildman–Crippen LogP) is 4.59. The number of benzene rings is 1. The van der Waals surface area contributed by atoms with E-state index in [-0.39, 0.29) is 53.8 Å². The molecule has 3 aliphatic rings. The molecule has 33 heavy (non-hydrogen) atoms. The third-order valence-corrected chi connectivity index (χ3v) is 8.53. The first-order valence-electron chi connectivity index (χ1n) is 12.0. The molecule has 180 valence electrons. The number of rotatable bonds is 9. The van der Waals surface area contributed by atoms with E-state index in [2.05, 4.69) is 6.92 Å². The second kappa shape index (κ2) is 10.2. The van der Waals surface area contributed by atoms with Crippen molar-refractivity contribution in [2.45, 2.75) is 88.1 Å². The third kappa shape index (κ3) is 5.46. The number of hydrogen-bond acceptors (Lipinski definition) is 7. The number of ketones is 1. The number of Topliss-reactive ketones (excluding diaryl/α,β-unsaturated/α-hetero) is 1. The minimum absolute atomic E-state index is 0.0175. The fraction of sp³-hybridized carbons (Fsp3) is 0.654. The fourth-order valence-corrected chi connectivity index (χ4v) is 6.52. The third-order valence-electron chi connectivity index (χ3n) is 7.40. The highest BCUT2D eigenvalue weighted by Gasteiger charge is 2.57. The summed E-state index contributed by atoms with van der Waals surface area (Å²) >= 11 is 1.67. The first-order valence-corrected chi connectivity index (χ1v) is 13.0. The molecule has 0 N–H and O–H groups in total. The van der Waals surface area contributed by atoms with E-state index in [4.69, 9.17) is 14.2 Å². The Labute approximate surface area is 200 Å². The molecule has 0 aliphatic carbocycles. The molecule has 0 amide bonds. The first kappa shape index (κ1) is 24.3. The average molecular weight is 475 g/mol. The zero-order valence-corrected chi connectivity index (χ0v) is 20.5. The zero-order valence-electron chi connectivity index (χ0n) is 19.7. The molecule has 0 spiro atoms. The van der Waals surface area contributed by atoms with Crippen molar-refractivity contribution < 1.29 is 28.6 Å². The van der Waals surface area contributed by atoms with Gasteiger partial charge >= 0.3 is 11.9 Å². The standard InChI is InChI=1S/C26H34O6S/c1-16(8-7-9-17(2)27)23-24-19(14-21(30-23)26(3)13-12-22(28)32-26)20(25(29)31-24)15-33-18-10-5-4-6-11-18/h4-6,10-11,16,19-21,23-24H,7-9,12-15H2,1-3H3/t16-,19+,20?,21+,23+,24-,26-/m1/s1. The van der Waals surface area contributed by atoms with Gasteiger partial charge in [0.05, 0.1) is 18.1 Å². The van der Waals surface area contributed by atoms with E-state index in [1.165, 1.54) is 0 Å². The Hall–Kier alpha value is -1.86. The summed E-state index contributed by atoms with van der Waals surface area (Å²) in [5.41, 5.74) is -0.678. The molecule has 4 rings (SSSR count). The van der Waals surface area contributed by atoms with Crippen LogP contribution in [0, 0.1) is 17.8 Å². The molecule has 7 atom stereocenters. The highest BCUT2D eigenvalue weighted by atomic mass is 32.2. The van der Waals surface area contributed by atoms with Gasteiger partial charge in [-0.1, -0.05) is 25.1 Å². The van der Waals surface area contributed by atoms with E-state index in [0.29, 0.717) is 31.4 Å². The van der Waals surface area contributed by atoms with Crippen molar-refractivity contribution in [3.8, 4) is 0 Å². The SMILES string of the molecule is CC(=O)CCC[C@@H](C)[C@@H]1O[C@H]([C@@]2(C)CCC(=O)O2)C[C@H]2C(CSc3ccccc3)C(=O)O[C@@H]12. The minimum atomic E-state index is -0.678. The number of esters is 2. The summed E-state index contributed by atoms with van der Waals surface area (Å²) in [6.45, 7) is 5.66. The molecule has 0 radical (unpaired) electrons. The molecular weight excluding hydrogens is 440 g/mol. The van der Waals surface area contributed by atoms with Crippen molar-refractivity contribution in [3.05, 3.63) is 30.3 Å². The number of carbonyl (C=O) groups is 3. The molecule has 3 aliphatic heterocycles. The maximum absolute atomic E-state index is 13.0. The van der Waals surface area contributed by atoms with E-state index in [1.807, 2.05) is 37.3 Å². The van der Waals surface area contributed by atoms with Crippen molar-refractivity contribution in [1.29, 1.82) is 0 Å². The summed E-state index contributed by atoms with van der Waals surface area (Å²) in [7, 11) is 0. The van der Waals surface area contributed by atoms with E-state index >= 15 is 0 Å². The average Bonchev–Trinajstić information content (AvgIpc) is 3.30. The van der Waals surface area contributed by atoms with Gasteiger partial charge in [0, 0.05) is 29.4 Å². The van der Waals surface area contributed by atoms with Gasteiger partial charge < -0.3 is 19.0 Å². The van der Waals surface area contributed by atoms with Crippen LogP contribution in [0.4, 0.5) is 0 Å². The van der Waals surface area contributed by atoms with E-state index in [0.717, 1.165) is 17.7 Å². The smallest absolute Gasteiger partial charge is 0.310 e. The van der Waals surface area contributed by atoms with Crippen LogP contribution in [0.25, 0.3) is 0 Å². The highest BCUT2D eigenvalue weighted by Crippen LogP contribution is 2.48. The van der Waals surface area contributed by atoms with Crippen LogP contribution in [0.1, 0.15) is 59.3 Å². The van der Waals surface area contributed by atoms with Crippen molar-refractivity contribution in [1.82, 2.24) is 0 Å². The molecule has 1 unspecified atom stereocenters. The zero-order chi connectivity index (χ0) is 23.6. The van der Waals surface area contributed by atoms with E-state index in [1.54, 1.807) is 18.7 Å². The van der Waals surface area contributed by atoms with Crippen LogP contribution in [0.2, 0.25) is 0 Å². The lowest BCUT2D eigenvalue weighted by molar-refractivity contribution is -0.211. The lowest BCUT2D eigenvalue weighted by atomic mass is 9.75. The molecule has 7 heteroatoms. The largest absolute Gasteiger partial charge is 0.459 e. The topological polar surface area (TPSA) is 78.9 Å². The summed E-state index contributed by atoms with van der Waals surface area (Å²) in [4.78, 5) is 37.4. The Balaban J connectivity index is 1.52. The summed E-state index contributed by atoms with van der Waals surface area (Å²) < 4.78 is 18.2. The monoisotopic (exact) mass is 474 g/mol. The molecule has 1 aromatic carbocycles. The molecule has 6 nitrogen and oxygen atoms in total. The van der Waals surface area contributed by atoms with Gasteiger partial charge in [-0.2, -0.15) is 0 Å². The molecule has 3 saturated heterocycles. The van der Waals surface area contributed by atoms with Crippen LogP contribution in [0.15, 0.2) is 35.2 Å². The number of fused-ring (bicyclic) bond motifs is 1. The lowest BCUT2D eigenvalue weighted by Crippen LogP contribution is -2.54. The normalized spacial score (nSPS) is 34.5. The Kier molecular flexibility index (Phi) is 7.49. The lowest BCUT2D eigenvalue weighted by Gasteiger charge is -2.45. The van der Waals surface area contributed by atoms with Gasteiger partial charge in [0.15, 0.2) is 0 Å². The number of hydrogen-bond donors (Lipinski definition) is 0. The van der Waals surface area contributed by atoms with Crippen molar-refractivity contribution in [2.24, 2.45) is 17.8 Å². The number of thioether (sulfide) groups is 1. The van der Waals surface area contributed by atoms with Crippen LogP contribution >= 0.6 is 11.8 Å². The van der Waals surface area contributed by atoms with Crippen LogP contribution in [0.3, 0.4) is 0 Å². The summed E-state index contributed by atoms with van der Waals surface area (Å²) in [5.74, 6) is 0.393. The molecule has 0 saturated carbocycles. The highest BCUT2D eigenvalue weighted by molar-refractivity contribution is 7.99. The van der Waals surface area contributed by atoms with Crippen molar-refractivity contribution >= 4 is 29.5 Å². The van der Waals surface area contributed by atoms with Gasteiger partial charge in [0.2, 0.25) is 0 Å². The van der Waals surface area contributed by atoms with Crippen molar-refractivity contribution in [3.63, 3.8) is 0 Å². The van der Waals surface area contributed by atoms with Gasteiger partial charge in [-0.05, 0) is 57.6 Å². The van der Waals surface area contributed by atoms with E-state index in [9.17, 15) is 14.4 Å². The predicted molar refractivity (Wildman–Crippen MR) is 125 cm³/mol. The second-order valence-electron chi connectivity index (χ2n) is 9.98. The maximum atomic E-state index is 13.0. The Morgan fingerprint density at radius 3 is 2.67 bits per heavy atom. The molecule has 0 bridgehead atoms. The van der Waals surface area contributed by atoms with Crippen LogP contribution in [-0.4, -0.2) is 47.4 Å². The number of carbonyl (C=O) groups excluding carboxylic acids is 3. The fourth-order valence-electron chi connectivity index (χ4n) is 5.41. The quantitative estimate of drug-likeness (QED) is 0.383. The van der Waals surface area contributed by atoms with Gasteiger partial charge in [-0.15, -0.1) is 11.8 Å². The maximum Gasteiger partial charge on any atom is 0.310 e. The second-order valence-corrected chi connectivity index (χ2v) is 11.1. The summed E-state index contributed by atoms with van der Waals surface area (Å²) in [6, 6.07) is 10.1. The van der Waals surface area contributed by atoms with Gasteiger partial charge in [-0.3, -0.25) is 9.59 Å². The minimum Gasteiger partial charge on any atom is -0.459 e. The first-order chi connectivity index (χ1) is 15.8. The van der Waals surface area contributed by atoms with Crippen molar-refractivity contribution in [2.75, 3.05) is 5.75 Å². The van der Waals surface area contributed by atoms with Crippen LogP contribution in [0.5, 0.6) is 0 Å². The molecular formula is C26H34O6S. The van der Waals surface area contributed by atoms with Crippen LogP contribution < -0.4 is 0 Å².